The summed E-state index contributed by atoms with van der Waals surface area (Å²) in [4.78, 5) is 42.0. The number of nitrogens with one attached hydrogen (secondary N) is 2. The van der Waals surface area contributed by atoms with Crippen molar-refractivity contribution in [2.45, 2.75) is 4.90 Å². The molecule has 4 rings (SSSR count). The van der Waals surface area contributed by atoms with Gasteiger partial charge in [0.1, 0.15) is 0 Å². The molecular formula is C23H24N4O6S. The van der Waals surface area contributed by atoms with Gasteiger partial charge in [-0.2, -0.15) is 4.31 Å². The lowest BCUT2D eigenvalue weighted by molar-refractivity contribution is 0.0730. The molecule has 0 unspecified atom stereocenters. The Labute approximate surface area is 196 Å². The molecule has 0 radical (unpaired) electrons. The van der Waals surface area contributed by atoms with Crippen molar-refractivity contribution in [2.75, 3.05) is 45.7 Å². The van der Waals surface area contributed by atoms with E-state index in [2.05, 4.69) is 10.3 Å². The Hall–Kier alpha value is -3.54. The number of fused-ring (bicyclic) bond motifs is 1. The summed E-state index contributed by atoms with van der Waals surface area (Å²) in [5.74, 6) is -0.943. The average molecular weight is 485 g/mol. The summed E-state index contributed by atoms with van der Waals surface area (Å²) in [6, 6.07) is 11.9. The quantitative estimate of drug-likeness (QED) is 0.565. The maximum atomic E-state index is 13.2. The molecule has 34 heavy (non-hydrogen) atoms. The Kier molecular flexibility index (Phi) is 6.51. The third-order valence-corrected chi connectivity index (χ3v) is 7.37. The predicted octanol–water partition coefficient (Wildman–Crippen LogP) is 1.50. The minimum absolute atomic E-state index is 0.00573. The fourth-order valence-corrected chi connectivity index (χ4v) is 5.16. The van der Waals surface area contributed by atoms with Crippen LogP contribution in [0.3, 0.4) is 0 Å². The number of H-pyrrole nitrogens is 1. The first kappa shape index (κ1) is 23.6. The van der Waals surface area contributed by atoms with E-state index >= 15 is 0 Å². The summed E-state index contributed by atoms with van der Waals surface area (Å²) < 4.78 is 32.8. The molecule has 2 N–H and O–H groups in total. The number of carbonyl (C=O) groups excluding carboxylic acids is 2. The van der Waals surface area contributed by atoms with Crippen LogP contribution in [0.25, 0.3) is 10.9 Å². The third-order valence-electron chi connectivity index (χ3n) is 5.48. The van der Waals surface area contributed by atoms with Crippen molar-refractivity contribution in [2.24, 2.45) is 0 Å². The van der Waals surface area contributed by atoms with Crippen molar-refractivity contribution in [3.8, 4) is 0 Å². The van der Waals surface area contributed by atoms with E-state index in [1.54, 1.807) is 38.4 Å². The van der Waals surface area contributed by atoms with Crippen molar-refractivity contribution in [1.29, 1.82) is 0 Å². The number of ether oxygens (including phenoxy) is 1. The Bertz CT molecular complexity index is 1420. The number of benzene rings is 2. The summed E-state index contributed by atoms with van der Waals surface area (Å²) >= 11 is 0. The lowest BCUT2D eigenvalue weighted by atomic mass is 10.1. The number of morpholine rings is 1. The first-order chi connectivity index (χ1) is 16.2. The van der Waals surface area contributed by atoms with Crippen LogP contribution in [0.2, 0.25) is 0 Å². The van der Waals surface area contributed by atoms with Crippen molar-refractivity contribution in [3.63, 3.8) is 0 Å². The van der Waals surface area contributed by atoms with Gasteiger partial charge in [0.15, 0.2) is 0 Å². The zero-order chi connectivity index (χ0) is 24.5. The summed E-state index contributed by atoms with van der Waals surface area (Å²) in [6.45, 7) is 1.07. The molecule has 0 saturated carbocycles. The monoisotopic (exact) mass is 484 g/mol. The van der Waals surface area contributed by atoms with Crippen molar-refractivity contribution in [3.05, 3.63) is 70.0 Å². The van der Waals surface area contributed by atoms with E-state index in [0.717, 1.165) is 6.07 Å². The highest BCUT2D eigenvalue weighted by Crippen LogP contribution is 2.25. The highest BCUT2D eigenvalue weighted by molar-refractivity contribution is 7.89. The van der Waals surface area contributed by atoms with E-state index in [-0.39, 0.29) is 46.1 Å². The molecule has 1 aliphatic rings. The second kappa shape index (κ2) is 9.37. The van der Waals surface area contributed by atoms with Crippen LogP contribution >= 0.6 is 0 Å². The van der Waals surface area contributed by atoms with Gasteiger partial charge in [-0.1, -0.05) is 12.1 Å². The zero-order valence-corrected chi connectivity index (χ0v) is 19.5. The summed E-state index contributed by atoms with van der Waals surface area (Å²) in [6.07, 6.45) is 0. The Morgan fingerprint density at radius 3 is 2.44 bits per heavy atom. The fraction of sp³-hybridized carbons (Fsp3) is 0.261. The van der Waals surface area contributed by atoms with Gasteiger partial charge in [-0.15, -0.1) is 0 Å². The van der Waals surface area contributed by atoms with Crippen molar-refractivity contribution >= 4 is 38.4 Å². The van der Waals surface area contributed by atoms with Crippen LogP contribution < -0.4 is 10.9 Å². The second-order valence-corrected chi connectivity index (χ2v) is 9.91. The van der Waals surface area contributed by atoms with E-state index in [4.69, 9.17) is 4.74 Å². The van der Waals surface area contributed by atoms with Crippen LogP contribution in [-0.4, -0.2) is 74.8 Å². The van der Waals surface area contributed by atoms with Crippen molar-refractivity contribution < 1.29 is 22.7 Å². The summed E-state index contributed by atoms with van der Waals surface area (Å²) in [5, 5.41) is 2.95. The normalized spacial score (nSPS) is 14.6. The number of hydrogen-bond acceptors (Lipinski definition) is 6. The number of pyridine rings is 1. The molecule has 0 bridgehead atoms. The molecule has 2 amide bonds. The van der Waals surface area contributed by atoms with Gasteiger partial charge in [-0.05, 0) is 30.3 Å². The van der Waals surface area contributed by atoms with Gasteiger partial charge in [0.25, 0.3) is 11.8 Å². The molecule has 1 aromatic heterocycles. The van der Waals surface area contributed by atoms with Gasteiger partial charge >= 0.3 is 0 Å². The SMILES string of the molecule is CN(C)C(=O)c1ccccc1NC(=O)c1cc(=O)[nH]c2ccc(S(=O)(=O)N3CCOCC3)cc12. The van der Waals surface area contributed by atoms with Gasteiger partial charge < -0.3 is 19.9 Å². The molecule has 1 saturated heterocycles. The topological polar surface area (TPSA) is 129 Å². The number of rotatable bonds is 5. The number of aromatic nitrogens is 1. The van der Waals surface area contributed by atoms with Crippen LogP contribution in [0.5, 0.6) is 0 Å². The molecule has 3 aromatic rings. The second-order valence-electron chi connectivity index (χ2n) is 7.97. The van der Waals surface area contributed by atoms with Crippen LogP contribution in [0.15, 0.2) is 58.2 Å². The van der Waals surface area contributed by atoms with Crippen LogP contribution in [0.1, 0.15) is 20.7 Å². The summed E-state index contributed by atoms with van der Waals surface area (Å²) in [5.41, 5.74) is 0.350. The molecule has 11 heteroatoms. The predicted molar refractivity (Wildman–Crippen MR) is 127 cm³/mol. The maximum absolute atomic E-state index is 13.2. The Balaban J connectivity index is 1.76. The molecule has 2 aromatic carbocycles. The number of amides is 2. The third kappa shape index (κ3) is 4.58. The molecule has 0 spiro atoms. The number of carbonyl (C=O) groups is 2. The van der Waals surface area contributed by atoms with E-state index in [1.165, 1.54) is 27.4 Å². The first-order valence-corrected chi connectivity index (χ1v) is 12.0. The molecule has 0 aliphatic carbocycles. The van der Waals surface area contributed by atoms with Gasteiger partial charge in [-0.25, -0.2) is 8.42 Å². The lowest BCUT2D eigenvalue weighted by Crippen LogP contribution is -2.40. The largest absolute Gasteiger partial charge is 0.379 e. The minimum Gasteiger partial charge on any atom is -0.379 e. The van der Waals surface area contributed by atoms with Crippen LogP contribution in [0, 0.1) is 0 Å². The van der Waals surface area contributed by atoms with Crippen LogP contribution in [0.4, 0.5) is 5.69 Å². The average Bonchev–Trinajstić information content (AvgIpc) is 2.83. The summed E-state index contributed by atoms with van der Waals surface area (Å²) in [7, 11) is -0.615. The smallest absolute Gasteiger partial charge is 0.256 e. The van der Waals surface area contributed by atoms with E-state index < -0.39 is 21.5 Å². The van der Waals surface area contributed by atoms with Gasteiger partial charge in [0.2, 0.25) is 15.6 Å². The van der Waals surface area contributed by atoms with E-state index in [9.17, 15) is 22.8 Å². The Morgan fingerprint density at radius 1 is 1.03 bits per heavy atom. The number of anilines is 1. The Morgan fingerprint density at radius 2 is 1.74 bits per heavy atom. The highest BCUT2D eigenvalue weighted by Gasteiger charge is 2.27. The van der Waals surface area contributed by atoms with Gasteiger partial charge in [0, 0.05) is 44.2 Å². The number of hydrogen-bond donors (Lipinski definition) is 2. The molecule has 1 fully saturated rings. The van der Waals surface area contributed by atoms with Crippen LogP contribution in [-0.2, 0) is 14.8 Å². The molecule has 178 valence electrons. The fourth-order valence-electron chi connectivity index (χ4n) is 3.73. The standard InChI is InChI=1S/C23H24N4O6S/c1-26(2)23(30)16-5-3-4-6-19(16)25-22(29)18-14-21(28)24-20-8-7-15(13-17(18)20)34(31,32)27-9-11-33-12-10-27/h3-8,13-14H,9-12H2,1-2H3,(H,24,28)(H,25,29). The number of sulfonamides is 1. The minimum atomic E-state index is -3.81. The molecule has 0 atom stereocenters. The number of aromatic amines is 1. The van der Waals surface area contributed by atoms with Gasteiger partial charge in [0.05, 0.1) is 34.9 Å². The van der Waals surface area contributed by atoms with E-state index in [1.807, 2.05) is 0 Å². The zero-order valence-electron chi connectivity index (χ0n) is 18.7. The van der Waals surface area contributed by atoms with E-state index in [0.29, 0.717) is 18.7 Å². The highest BCUT2D eigenvalue weighted by atomic mass is 32.2. The molecule has 1 aliphatic heterocycles. The maximum Gasteiger partial charge on any atom is 0.256 e. The molecular weight excluding hydrogens is 460 g/mol. The number of para-hydroxylation sites is 1. The lowest BCUT2D eigenvalue weighted by Gasteiger charge is -2.26. The molecule has 10 nitrogen and oxygen atoms in total. The number of nitrogens with zero attached hydrogens (tertiary/aromatic N) is 2. The van der Waals surface area contributed by atoms with Crippen molar-refractivity contribution in [1.82, 2.24) is 14.2 Å². The van der Waals surface area contributed by atoms with Gasteiger partial charge in [-0.3, -0.25) is 14.4 Å². The molecule has 2 heterocycles. The first-order valence-electron chi connectivity index (χ1n) is 10.6.